The van der Waals surface area contributed by atoms with Crippen molar-refractivity contribution in [1.29, 1.82) is 0 Å². The van der Waals surface area contributed by atoms with Crippen LogP contribution in [0.1, 0.15) is 29.6 Å². The highest BCUT2D eigenvalue weighted by molar-refractivity contribution is 7.88. The number of likely N-dealkylation sites (tertiary alicyclic amines) is 1. The normalized spacial score (nSPS) is 14.7. The number of likely N-dealkylation sites (N-methyl/N-ethyl adjacent to an activating group) is 1. The summed E-state index contributed by atoms with van der Waals surface area (Å²) in [7, 11) is 0.720. The van der Waals surface area contributed by atoms with Gasteiger partial charge in [-0.05, 0) is 25.3 Å². The Hall–Kier alpha value is -2.33. The minimum absolute atomic E-state index is 0.215. The van der Waals surface area contributed by atoms with E-state index < -0.39 is 15.9 Å². The van der Waals surface area contributed by atoms with Crippen molar-refractivity contribution in [3.05, 3.63) is 17.7 Å². The Labute approximate surface area is 165 Å². The third-order valence-corrected chi connectivity index (χ3v) is 5.87. The second-order valence-electron chi connectivity index (χ2n) is 6.67. The molecule has 0 saturated carbocycles. The van der Waals surface area contributed by atoms with E-state index in [-0.39, 0.29) is 23.7 Å². The Morgan fingerprint density at radius 3 is 2.21 bits per heavy atom. The highest BCUT2D eigenvalue weighted by Crippen LogP contribution is 2.34. The molecule has 1 saturated heterocycles. The lowest BCUT2D eigenvalue weighted by atomic mass is 10.1. The number of ether oxygens (including phenoxy) is 2. The van der Waals surface area contributed by atoms with E-state index >= 15 is 0 Å². The zero-order chi connectivity index (χ0) is 20.9. The summed E-state index contributed by atoms with van der Waals surface area (Å²) in [4.78, 5) is 27.1. The molecule has 0 atom stereocenters. The number of nitrogens with zero attached hydrogens (tertiary/aromatic N) is 2. The molecule has 1 heterocycles. The van der Waals surface area contributed by atoms with Crippen LogP contribution in [0.25, 0.3) is 0 Å². The maximum atomic E-state index is 13.0. The highest BCUT2D eigenvalue weighted by atomic mass is 32.2. The molecule has 0 radical (unpaired) electrons. The van der Waals surface area contributed by atoms with Gasteiger partial charge in [-0.1, -0.05) is 0 Å². The van der Waals surface area contributed by atoms with Gasteiger partial charge < -0.3 is 19.7 Å². The SMILES string of the molecule is COc1cc(NC(=O)CN(C)S(C)(=O)=O)c(C(=O)N2CCCCC2)cc1OC. The fraction of sp³-hybridized carbons (Fsp3) is 0.556. The number of hydrogen-bond acceptors (Lipinski definition) is 6. The van der Waals surface area contributed by atoms with Gasteiger partial charge in [0, 0.05) is 26.2 Å². The van der Waals surface area contributed by atoms with Crippen molar-refractivity contribution in [1.82, 2.24) is 9.21 Å². The molecule has 1 aliphatic rings. The molecule has 2 amide bonds. The number of carbonyl (C=O) groups excluding carboxylic acids is 2. The number of sulfonamides is 1. The summed E-state index contributed by atoms with van der Waals surface area (Å²) >= 11 is 0. The van der Waals surface area contributed by atoms with Crippen LogP contribution in [0.4, 0.5) is 5.69 Å². The number of hydrogen-bond donors (Lipinski definition) is 1. The van der Waals surface area contributed by atoms with Gasteiger partial charge in [-0.3, -0.25) is 9.59 Å². The Morgan fingerprint density at radius 1 is 1.11 bits per heavy atom. The van der Waals surface area contributed by atoms with Crippen molar-refractivity contribution in [2.24, 2.45) is 0 Å². The monoisotopic (exact) mass is 413 g/mol. The first-order valence-electron chi connectivity index (χ1n) is 8.93. The molecule has 1 fully saturated rings. The number of carbonyl (C=O) groups is 2. The van der Waals surface area contributed by atoms with Gasteiger partial charge in [0.2, 0.25) is 15.9 Å². The largest absolute Gasteiger partial charge is 0.493 e. The van der Waals surface area contributed by atoms with Crippen molar-refractivity contribution in [2.75, 3.05) is 52.5 Å². The van der Waals surface area contributed by atoms with Crippen molar-refractivity contribution in [2.45, 2.75) is 19.3 Å². The molecule has 0 aromatic heterocycles. The van der Waals surface area contributed by atoms with E-state index in [1.807, 2.05) is 0 Å². The summed E-state index contributed by atoms with van der Waals surface area (Å²) in [5.74, 6) is -0.0566. The second kappa shape index (κ2) is 9.24. The minimum Gasteiger partial charge on any atom is -0.493 e. The topological polar surface area (TPSA) is 105 Å². The average Bonchev–Trinajstić information content (AvgIpc) is 2.66. The molecule has 0 unspecified atom stereocenters. The summed E-state index contributed by atoms with van der Waals surface area (Å²) in [5.41, 5.74) is 0.523. The number of amides is 2. The average molecular weight is 413 g/mol. The van der Waals surface area contributed by atoms with Gasteiger partial charge in [0.15, 0.2) is 11.5 Å². The van der Waals surface area contributed by atoms with E-state index in [9.17, 15) is 18.0 Å². The number of nitrogens with one attached hydrogen (secondary N) is 1. The number of methoxy groups -OCH3 is 2. The van der Waals surface area contributed by atoms with Crippen LogP contribution in [0.2, 0.25) is 0 Å². The van der Waals surface area contributed by atoms with E-state index in [0.717, 1.165) is 29.8 Å². The van der Waals surface area contributed by atoms with Crippen molar-refractivity contribution in [3.63, 3.8) is 0 Å². The molecule has 9 nitrogen and oxygen atoms in total. The molecule has 2 rings (SSSR count). The van der Waals surface area contributed by atoms with E-state index in [2.05, 4.69) is 5.32 Å². The Bertz CT molecular complexity index is 834. The first kappa shape index (κ1) is 22.0. The van der Waals surface area contributed by atoms with Gasteiger partial charge in [0.1, 0.15) is 0 Å². The molecular weight excluding hydrogens is 386 g/mol. The first-order chi connectivity index (χ1) is 13.2. The van der Waals surface area contributed by atoms with Crippen LogP contribution in [-0.2, 0) is 14.8 Å². The second-order valence-corrected chi connectivity index (χ2v) is 8.76. The van der Waals surface area contributed by atoms with Gasteiger partial charge in [0.05, 0.1) is 38.3 Å². The first-order valence-corrected chi connectivity index (χ1v) is 10.8. The molecule has 1 aromatic rings. The summed E-state index contributed by atoms with van der Waals surface area (Å²) < 4.78 is 34.5. The zero-order valence-electron chi connectivity index (χ0n) is 16.6. The van der Waals surface area contributed by atoms with Gasteiger partial charge in [-0.2, -0.15) is 4.31 Å². The van der Waals surface area contributed by atoms with E-state index in [4.69, 9.17) is 9.47 Å². The standard InChI is InChI=1S/C18H27N3O6S/c1-20(28(4,24)25)12-17(22)19-14-11-16(27-3)15(26-2)10-13(14)18(23)21-8-6-5-7-9-21/h10-11H,5-9,12H2,1-4H3,(H,19,22). The van der Waals surface area contributed by atoms with Crippen LogP contribution in [0.5, 0.6) is 11.5 Å². The van der Waals surface area contributed by atoms with Crippen LogP contribution in [0.15, 0.2) is 12.1 Å². The van der Waals surface area contributed by atoms with Crippen molar-refractivity contribution >= 4 is 27.5 Å². The smallest absolute Gasteiger partial charge is 0.256 e. The number of anilines is 1. The fourth-order valence-electron chi connectivity index (χ4n) is 2.94. The van der Waals surface area contributed by atoms with E-state index in [1.165, 1.54) is 33.4 Å². The molecule has 1 N–H and O–H groups in total. The number of benzene rings is 1. The molecular formula is C18H27N3O6S. The molecule has 0 aliphatic carbocycles. The van der Waals surface area contributed by atoms with Crippen LogP contribution in [0.3, 0.4) is 0 Å². The summed E-state index contributed by atoms with van der Waals surface area (Å²) in [6, 6.07) is 3.04. The van der Waals surface area contributed by atoms with Crippen LogP contribution >= 0.6 is 0 Å². The Balaban J connectivity index is 2.34. The molecule has 0 spiro atoms. The summed E-state index contributed by atoms with van der Waals surface area (Å²) in [6.45, 7) is 0.930. The zero-order valence-corrected chi connectivity index (χ0v) is 17.5. The minimum atomic E-state index is -3.50. The number of rotatable bonds is 7. The molecule has 1 aliphatic heterocycles. The fourth-order valence-corrected chi connectivity index (χ4v) is 3.29. The predicted molar refractivity (Wildman–Crippen MR) is 105 cm³/mol. The van der Waals surface area contributed by atoms with E-state index in [0.29, 0.717) is 24.6 Å². The quantitative estimate of drug-likeness (QED) is 0.719. The molecule has 28 heavy (non-hydrogen) atoms. The van der Waals surface area contributed by atoms with Gasteiger partial charge in [0.25, 0.3) is 5.91 Å². The van der Waals surface area contributed by atoms with E-state index in [1.54, 1.807) is 4.90 Å². The van der Waals surface area contributed by atoms with Crippen LogP contribution in [0, 0.1) is 0 Å². The molecule has 156 valence electrons. The van der Waals surface area contributed by atoms with Crippen molar-refractivity contribution in [3.8, 4) is 11.5 Å². The van der Waals surface area contributed by atoms with Gasteiger partial charge in [-0.15, -0.1) is 0 Å². The lowest BCUT2D eigenvalue weighted by molar-refractivity contribution is -0.116. The Morgan fingerprint density at radius 2 is 1.68 bits per heavy atom. The van der Waals surface area contributed by atoms with Crippen molar-refractivity contribution < 1.29 is 27.5 Å². The third-order valence-electron chi connectivity index (χ3n) is 4.60. The summed E-state index contributed by atoms with van der Waals surface area (Å²) in [5, 5.41) is 2.63. The third kappa shape index (κ3) is 5.35. The maximum absolute atomic E-state index is 13.0. The molecule has 10 heteroatoms. The summed E-state index contributed by atoms with van der Waals surface area (Å²) in [6.07, 6.45) is 3.96. The van der Waals surface area contributed by atoms with Gasteiger partial charge in [-0.25, -0.2) is 8.42 Å². The Kier molecular flexibility index (Phi) is 7.25. The molecule has 1 aromatic carbocycles. The highest BCUT2D eigenvalue weighted by Gasteiger charge is 2.25. The lowest BCUT2D eigenvalue weighted by Crippen LogP contribution is -2.37. The molecule has 0 bridgehead atoms. The predicted octanol–water partition coefficient (Wildman–Crippen LogP) is 1.16. The van der Waals surface area contributed by atoms with Crippen LogP contribution < -0.4 is 14.8 Å². The number of piperidine rings is 1. The lowest BCUT2D eigenvalue weighted by Gasteiger charge is -2.28. The maximum Gasteiger partial charge on any atom is 0.256 e. The van der Waals surface area contributed by atoms with Crippen LogP contribution in [-0.4, -0.2) is 76.6 Å². The van der Waals surface area contributed by atoms with Gasteiger partial charge >= 0.3 is 0 Å².